The van der Waals surface area contributed by atoms with Gasteiger partial charge in [0.2, 0.25) is 0 Å². The van der Waals surface area contributed by atoms with Crippen LogP contribution in [0, 0.1) is 6.92 Å². The zero-order valence-electron chi connectivity index (χ0n) is 11.1. The second kappa shape index (κ2) is 5.11. The fourth-order valence-electron chi connectivity index (χ4n) is 2.70. The van der Waals surface area contributed by atoms with E-state index in [-0.39, 0.29) is 5.91 Å². The van der Waals surface area contributed by atoms with E-state index in [0.717, 1.165) is 31.2 Å². The van der Waals surface area contributed by atoms with Crippen molar-refractivity contribution in [3.8, 4) is 0 Å². The standard InChI is InChI=1S/C15H21NO2/c1-12-6-5-7-13(10-12)14(17)16(2)11-15(18)8-3-4-9-15/h5-7,10,18H,3-4,8-9,11H2,1-2H3. The normalized spacial score (nSPS) is 17.7. The SMILES string of the molecule is Cc1cccc(C(=O)N(C)CC2(O)CCCC2)c1. The summed E-state index contributed by atoms with van der Waals surface area (Å²) in [6, 6.07) is 7.57. The highest BCUT2D eigenvalue weighted by Gasteiger charge is 2.33. The topological polar surface area (TPSA) is 40.5 Å². The van der Waals surface area contributed by atoms with Crippen molar-refractivity contribution in [2.24, 2.45) is 0 Å². The minimum absolute atomic E-state index is 0.0148. The van der Waals surface area contributed by atoms with Crippen LogP contribution in [0.25, 0.3) is 0 Å². The van der Waals surface area contributed by atoms with Gasteiger partial charge >= 0.3 is 0 Å². The summed E-state index contributed by atoms with van der Waals surface area (Å²) in [6.07, 6.45) is 3.73. The van der Waals surface area contributed by atoms with Gasteiger partial charge in [0, 0.05) is 19.2 Å². The largest absolute Gasteiger partial charge is 0.388 e. The molecule has 1 aliphatic rings. The van der Waals surface area contributed by atoms with Gasteiger partial charge in [-0.25, -0.2) is 0 Å². The first-order chi connectivity index (χ1) is 8.50. The first-order valence-corrected chi connectivity index (χ1v) is 6.55. The molecule has 98 valence electrons. The zero-order chi connectivity index (χ0) is 13.2. The lowest BCUT2D eigenvalue weighted by Gasteiger charge is -2.28. The Balaban J connectivity index is 2.04. The van der Waals surface area contributed by atoms with Crippen LogP contribution in [-0.4, -0.2) is 35.1 Å². The van der Waals surface area contributed by atoms with Gasteiger partial charge in [-0.2, -0.15) is 0 Å². The Hall–Kier alpha value is -1.35. The summed E-state index contributed by atoms with van der Waals surface area (Å²) in [7, 11) is 1.76. The fraction of sp³-hybridized carbons (Fsp3) is 0.533. The third kappa shape index (κ3) is 2.91. The number of carbonyl (C=O) groups is 1. The number of amides is 1. The van der Waals surface area contributed by atoms with E-state index in [2.05, 4.69) is 0 Å². The molecule has 18 heavy (non-hydrogen) atoms. The van der Waals surface area contributed by atoms with Crippen molar-refractivity contribution in [1.82, 2.24) is 4.90 Å². The molecule has 1 aliphatic carbocycles. The number of nitrogens with zero attached hydrogens (tertiary/aromatic N) is 1. The van der Waals surface area contributed by atoms with Gasteiger partial charge in [0.1, 0.15) is 0 Å². The van der Waals surface area contributed by atoms with Crippen molar-refractivity contribution in [2.45, 2.75) is 38.2 Å². The molecule has 0 aromatic heterocycles. The van der Waals surface area contributed by atoms with E-state index in [9.17, 15) is 9.90 Å². The molecule has 0 heterocycles. The van der Waals surface area contributed by atoms with Crippen molar-refractivity contribution in [1.29, 1.82) is 0 Å². The van der Waals surface area contributed by atoms with Crippen LogP contribution in [-0.2, 0) is 0 Å². The zero-order valence-corrected chi connectivity index (χ0v) is 11.1. The number of rotatable bonds is 3. The summed E-state index contributed by atoms with van der Waals surface area (Å²) < 4.78 is 0. The van der Waals surface area contributed by atoms with Crippen molar-refractivity contribution < 1.29 is 9.90 Å². The molecular weight excluding hydrogens is 226 g/mol. The molecule has 3 nitrogen and oxygen atoms in total. The number of hydrogen-bond acceptors (Lipinski definition) is 2. The van der Waals surface area contributed by atoms with E-state index in [4.69, 9.17) is 0 Å². The first kappa shape index (κ1) is 13.1. The highest BCUT2D eigenvalue weighted by Crippen LogP contribution is 2.30. The lowest BCUT2D eigenvalue weighted by Crippen LogP contribution is -2.42. The molecule has 3 heteroatoms. The maximum absolute atomic E-state index is 12.2. The summed E-state index contributed by atoms with van der Waals surface area (Å²) in [6.45, 7) is 2.40. The van der Waals surface area contributed by atoms with Gasteiger partial charge in [-0.15, -0.1) is 0 Å². The van der Waals surface area contributed by atoms with Crippen LogP contribution in [0.2, 0.25) is 0 Å². The van der Waals surface area contributed by atoms with Crippen molar-refractivity contribution in [2.75, 3.05) is 13.6 Å². The van der Waals surface area contributed by atoms with Crippen molar-refractivity contribution in [3.63, 3.8) is 0 Å². The van der Waals surface area contributed by atoms with Crippen molar-refractivity contribution in [3.05, 3.63) is 35.4 Å². The summed E-state index contributed by atoms with van der Waals surface area (Å²) in [5.74, 6) is -0.0148. The Bertz CT molecular complexity index is 436. The number of aryl methyl sites for hydroxylation is 1. The summed E-state index contributed by atoms with van der Waals surface area (Å²) in [5, 5.41) is 10.3. The van der Waals surface area contributed by atoms with Gasteiger partial charge in [0.25, 0.3) is 5.91 Å². The molecule has 0 bridgehead atoms. The highest BCUT2D eigenvalue weighted by molar-refractivity contribution is 5.94. The van der Waals surface area contributed by atoms with Gasteiger partial charge in [0.05, 0.1) is 5.60 Å². The van der Waals surface area contributed by atoms with Gasteiger partial charge in [-0.05, 0) is 31.9 Å². The van der Waals surface area contributed by atoms with E-state index in [1.165, 1.54) is 0 Å². The Kier molecular flexibility index (Phi) is 3.71. The molecule has 2 rings (SSSR count). The molecule has 0 unspecified atom stereocenters. The number of hydrogen-bond donors (Lipinski definition) is 1. The second-order valence-corrected chi connectivity index (χ2v) is 5.46. The molecule has 1 aromatic rings. The van der Waals surface area contributed by atoms with E-state index in [1.807, 2.05) is 31.2 Å². The number of carbonyl (C=O) groups excluding carboxylic acids is 1. The van der Waals surface area contributed by atoms with Gasteiger partial charge in [0.15, 0.2) is 0 Å². The van der Waals surface area contributed by atoms with Gasteiger partial charge < -0.3 is 10.0 Å². The Morgan fingerprint density at radius 1 is 1.39 bits per heavy atom. The molecule has 1 fully saturated rings. The average Bonchev–Trinajstić information content (AvgIpc) is 2.74. The van der Waals surface area contributed by atoms with Gasteiger partial charge in [-0.1, -0.05) is 30.5 Å². The molecule has 1 N–H and O–H groups in total. The van der Waals surface area contributed by atoms with Crippen LogP contribution < -0.4 is 0 Å². The van der Waals surface area contributed by atoms with E-state index in [1.54, 1.807) is 11.9 Å². The first-order valence-electron chi connectivity index (χ1n) is 6.55. The van der Waals surface area contributed by atoms with Crippen LogP contribution in [0.15, 0.2) is 24.3 Å². The fourth-order valence-corrected chi connectivity index (χ4v) is 2.70. The number of benzene rings is 1. The van der Waals surface area contributed by atoms with Crippen LogP contribution in [0.1, 0.15) is 41.6 Å². The van der Waals surface area contributed by atoms with E-state index >= 15 is 0 Å². The maximum atomic E-state index is 12.2. The monoisotopic (exact) mass is 247 g/mol. The van der Waals surface area contributed by atoms with Gasteiger partial charge in [-0.3, -0.25) is 4.79 Å². The van der Waals surface area contributed by atoms with E-state index < -0.39 is 5.60 Å². The smallest absolute Gasteiger partial charge is 0.253 e. The van der Waals surface area contributed by atoms with Crippen LogP contribution >= 0.6 is 0 Å². The Labute approximate surface area is 108 Å². The molecule has 1 saturated carbocycles. The summed E-state index contributed by atoms with van der Waals surface area (Å²) in [4.78, 5) is 13.9. The van der Waals surface area contributed by atoms with E-state index in [0.29, 0.717) is 12.1 Å². The third-order valence-electron chi connectivity index (χ3n) is 3.68. The number of likely N-dealkylation sites (N-methyl/N-ethyl adjacent to an activating group) is 1. The quantitative estimate of drug-likeness (QED) is 0.891. The lowest BCUT2D eigenvalue weighted by atomic mass is 10.0. The number of aliphatic hydroxyl groups is 1. The van der Waals surface area contributed by atoms with Crippen LogP contribution in [0.4, 0.5) is 0 Å². The molecule has 1 amide bonds. The molecule has 0 radical (unpaired) electrons. The molecule has 0 aliphatic heterocycles. The predicted molar refractivity (Wildman–Crippen MR) is 71.6 cm³/mol. The minimum atomic E-state index is -0.672. The summed E-state index contributed by atoms with van der Waals surface area (Å²) >= 11 is 0. The lowest BCUT2D eigenvalue weighted by molar-refractivity contribution is 0.0157. The second-order valence-electron chi connectivity index (χ2n) is 5.46. The molecule has 0 saturated heterocycles. The predicted octanol–water partition coefficient (Wildman–Crippen LogP) is 2.37. The average molecular weight is 247 g/mol. The molecule has 1 aromatic carbocycles. The van der Waals surface area contributed by atoms with Crippen LogP contribution in [0.3, 0.4) is 0 Å². The third-order valence-corrected chi connectivity index (χ3v) is 3.68. The Morgan fingerprint density at radius 3 is 2.67 bits per heavy atom. The Morgan fingerprint density at radius 2 is 2.06 bits per heavy atom. The highest BCUT2D eigenvalue weighted by atomic mass is 16.3. The molecule has 0 atom stereocenters. The van der Waals surface area contributed by atoms with Crippen LogP contribution in [0.5, 0.6) is 0 Å². The minimum Gasteiger partial charge on any atom is -0.388 e. The summed E-state index contributed by atoms with van der Waals surface area (Å²) in [5.41, 5.74) is 1.10. The van der Waals surface area contributed by atoms with Crippen molar-refractivity contribution >= 4 is 5.91 Å². The molecular formula is C15H21NO2. The molecule has 0 spiro atoms. The maximum Gasteiger partial charge on any atom is 0.253 e.